The molecule has 4 N–H and O–H groups in total. The Morgan fingerprint density at radius 2 is 2.33 bits per heavy atom. The van der Waals surface area contributed by atoms with Crippen LogP contribution >= 0.6 is 12.2 Å². The van der Waals surface area contributed by atoms with Crippen LogP contribution in [-0.2, 0) is 16.1 Å². The van der Waals surface area contributed by atoms with Crippen molar-refractivity contribution in [2.75, 3.05) is 13.2 Å². The van der Waals surface area contributed by atoms with E-state index in [1.807, 2.05) is 0 Å². The highest BCUT2D eigenvalue weighted by molar-refractivity contribution is 7.80. The van der Waals surface area contributed by atoms with E-state index in [4.69, 9.17) is 22.7 Å². The predicted molar refractivity (Wildman–Crippen MR) is 69.7 cm³/mol. The first-order valence-corrected chi connectivity index (χ1v) is 6.20. The molecule has 6 nitrogen and oxygen atoms in total. The minimum Gasteiger partial charge on any atom is -0.392 e. The van der Waals surface area contributed by atoms with Crippen LogP contribution in [0.4, 0.5) is 0 Å². The maximum Gasteiger partial charge on any atom is 0.233 e. The van der Waals surface area contributed by atoms with E-state index in [1.165, 1.54) is 0 Å². The number of ether oxygens (including phenoxy) is 1. The summed E-state index contributed by atoms with van der Waals surface area (Å²) in [6.07, 6.45) is 4.41. The van der Waals surface area contributed by atoms with Gasteiger partial charge >= 0.3 is 0 Å². The third-order valence-corrected chi connectivity index (χ3v) is 3.61. The maximum absolute atomic E-state index is 12.3. The summed E-state index contributed by atoms with van der Waals surface area (Å²) >= 11 is 5.06. The largest absolute Gasteiger partial charge is 0.392 e. The molecule has 1 saturated heterocycles. The number of nitrogens with zero attached hydrogens (tertiary/aromatic N) is 1. The number of rotatable bonds is 4. The van der Waals surface area contributed by atoms with Crippen molar-refractivity contribution in [1.82, 2.24) is 15.3 Å². The summed E-state index contributed by atoms with van der Waals surface area (Å²) in [6, 6.07) is 0. The van der Waals surface area contributed by atoms with Crippen LogP contribution in [0.5, 0.6) is 0 Å². The highest BCUT2D eigenvalue weighted by Crippen LogP contribution is 2.31. The number of thiocarbonyl (C=S) groups is 1. The lowest BCUT2D eigenvalue weighted by Gasteiger charge is -2.34. The maximum atomic E-state index is 12.3. The van der Waals surface area contributed by atoms with Crippen molar-refractivity contribution in [2.24, 2.45) is 11.1 Å². The van der Waals surface area contributed by atoms with E-state index < -0.39 is 5.41 Å². The fourth-order valence-electron chi connectivity index (χ4n) is 2.03. The Hall–Kier alpha value is -1.47. The van der Waals surface area contributed by atoms with Gasteiger partial charge in [0.15, 0.2) is 0 Å². The number of amides is 1. The Kier molecular flexibility index (Phi) is 3.93. The zero-order valence-electron chi connectivity index (χ0n) is 9.94. The van der Waals surface area contributed by atoms with E-state index in [-0.39, 0.29) is 10.9 Å². The SMILES string of the molecule is NC(=S)C1(C(=O)NCc2ncc[nH]2)CCOCC1. The van der Waals surface area contributed by atoms with Gasteiger partial charge in [-0.05, 0) is 12.8 Å². The first kappa shape index (κ1) is 13.0. The number of aromatic nitrogens is 2. The number of nitrogens with two attached hydrogens (primary N) is 1. The standard InChI is InChI=1S/C11H16N4O2S/c12-9(18)11(1-5-17-6-2-11)10(16)15-7-8-13-3-4-14-8/h3-4H,1-2,5-7H2,(H2,12,18)(H,13,14)(H,15,16). The Labute approximate surface area is 110 Å². The van der Waals surface area contributed by atoms with Crippen molar-refractivity contribution < 1.29 is 9.53 Å². The fraction of sp³-hybridized carbons (Fsp3) is 0.545. The van der Waals surface area contributed by atoms with E-state index in [2.05, 4.69) is 15.3 Å². The van der Waals surface area contributed by atoms with Crippen molar-refractivity contribution in [2.45, 2.75) is 19.4 Å². The Morgan fingerprint density at radius 3 is 2.89 bits per heavy atom. The molecule has 7 heteroatoms. The van der Waals surface area contributed by atoms with Crippen molar-refractivity contribution >= 4 is 23.1 Å². The Balaban J connectivity index is 2.02. The number of H-pyrrole nitrogens is 1. The summed E-state index contributed by atoms with van der Waals surface area (Å²) in [5, 5.41) is 2.82. The number of carbonyl (C=O) groups is 1. The molecular formula is C11H16N4O2S. The minimum absolute atomic E-state index is 0.144. The monoisotopic (exact) mass is 268 g/mol. The number of aromatic amines is 1. The first-order chi connectivity index (χ1) is 8.65. The minimum atomic E-state index is -0.778. The summed E-state index contributed by atoms with van der Waals surface area (Å²) < 4.78 is 5.26. The summed E-state index contributed by atoms with van der Waals surface area (Å²) in [7, 11) is 0. The van der Waals surface area contributed by atoms with Gasteiger partial charge in [-0.1, -0.05) is 12.2 Å². The van der Waals surface area contributed by atoms with Crippen LogP contribution in [0.1, 0.15) is 18.7 Å². The van der Waals surface area contributed by atoms with Gasteiger partial charge in [0.1, 0.15) is 11.2 Å². The van der Waals surface area contributed by atoms with E-state index in [0.29, 0.717) is 38.4 Å². The molecule has 1 aromatic heterocycles. The molecule has 0 bridgehead atoms. The predicted octanol–water partition coefficient (Wildman–Crippen LogP) is 0.109. The molecule has 0 unspecified atom stereocenters. The van der Waals surface area contributed by atoms with Crippen molar-refractivity contribution in [3.05, 3.63) is 18.2 Å². The summed E-state index contributed by atoms with van der Waals surface area (Å²) in [5.41, 5.74) is 4.97. The molecule has 0 atom stereocenters. The van der Waals surface area contributed by atoms with Crippen LogP contribution in [0.3, 0.4) is 0 Å². The van der Waals surface area contributed by atoms with Gasteiger partial charge in [-0.3, -0.25) is 4.79 Å². The highest BCUT2D eigenvalue weighted by Gasteiger charge is 2.42. The lowest BCUT2D eigenvalue weighted by Crippen LogP contribution is -2.51. The van der Waals surface area contributed by atoms with Gasteiger partial charge in [0.2, 0.25) is 5.91 Å². The van der Waals surface area contributed by atoms with Gasteiger partial charge in [0.25, 0.3) is 0 Å². The lowest BCUT2D eigenvalue weighted by molar-refractivity contribution is -0.131. The molecule has 2 heterocycles. The number of imidazole rings is 1. The molecule has 98 valence electrons. The second-order valence-electron chi connectivity index (χ2n) is 4.28. The molecule has 1 aromatic rings. The second-order valence-corrected chi connectivity index (χ2v) is 4.72. The van der Waals surface area contributed by atoms with Gasteiger partial charge in [-0.2, -0.15) is 0 Å². The van der Waals surface area contributed by atoms with Crippen molar-refractivity contribution in [3.63, 3.8) is 0 Å². The smallest absolute Gasteiger partial charge is 0.233 e. The topological polar surface area (TPSA) is 93.0 Å². The number of hydrogen-bond donors (Lipinski definition) is 3. The molecule has 18 heavy (non-hydrogen) atoms. The van der Waals surface area contributed by atoms with Gasteiger partial charge in [0, 0.05) is 25.6 Å². The third-order valence-electron chi connectivity index (χ3n) is 3.22. The molecule has 2 rings (SSSR count). The Bertz CT molecular complexity index is 426. The lowest BCUT2D eigenvalue weighted by atomic mass is 9.79. The van der Waals surface area contributed by atoms with Crippen LogP contribution in [-0.4, -0.2) is 34.1 Å². The van der Waals surface area contributed by atoms with Crippen LogP contribution in [0, 0.1) is 5.41 Å². The average molecular weight is 268 g/mol. The van der Waals surface area contributed by atoms with Crippen molar-refractivity contribution in [3.8, 4) is 0 Å². The van der Waals surface area contributed by atoms with E-state index in [1.54, 1.807) is 12.4 Å². The van der Waals surface area contributed by atoms with Gasteiger partial charge in [-0.15, -0.1) is 0 Å². The van der Waals surface area contributed by atoms with Crippen LogP contribution < -0.4 is 11.1 Å². The van der Waals surface area contributed by atoms with Crippen LogP contribution in [0.15, 0.2) is 12.4 Å². The third kappa shape index (κ3) is 2.51. The molecular weight excluding hydrogens is 252 g/mol. The molecule has 0 saturated carbocycles. The first-order valence-electron chi connectivity index (χ1n) is 5.79. The number of carbonyl (C=O) groups excluding carboxylic acids is 1. The molecule has 0 radical (unpaired) electrons. The zero-order chi connectivity index (χ0) is 13.0. The van der Waals surface area contributed by atoms with E-state index >= 15 is 0 Å². The van der Waals surface area contributed by atoms with Gasteiger partial charge in [-0.25, -0.2) is 4.98 Å². The highest BCUT2D eigenvalue weighted by atomic mass is 32.1. The molecule has 1 aliphatic heterocycles. The average Bonchev–Trinajstić information content (AvgIpc) is 2.89. The Morgan fingerprint density at radius 1 is 1.61 bits per heavy atom. The van der Waals surface area contributed by atoms with E-state index in [9.17, 15) is 4.79 Å². The number of hydrogen-bond acceptors (Lipinski definition) is 4. The quantitative estimate of drug-likeness (QED) is 0.674. The zero-order valence-corrected chi connectivity index (χ0v) is 10.8. The van der Waals surface area contributed by atoms with Crippen LogP contribution in [0.2, 0.25) is 0 Å². The molecule has 1 amide bonds. The number of nitrogens with one attached hydrogen (secondary N) is 2. The van der Waals surface area contributed by atoms with Gasteiger partial charge < -0.3 is 20.8 Å². The summed E-state index contributed by atoms with van der Waals surface area (Å²) in [4.78, 5) is 19.5. The van der Waals surface area contributed by atoms with Gasteiger partial charge in [0.05, 0.1) is 11.5 Å². The van der Waals surface area contributed by atoms with Crippen LogP contribution in [0.25, 0.3) is 0 Å². The van der Waals surface area contributed by atoms with E-state index in [0.717, 1.165) is 0 Å². The fourth-order valence-corrected chi connectivity index (χ4v) is 2.33. The normalized spacial score (nSPS) is 18.2. The molecule has 0 aromatic carbocycles. The molecule has 0 aliphatic carbocycles. The second kappa shape index (κ2) is 5.45. The molecule has 1 aliphatic rings. The molecule has 0 spiro atoms. The summed E-state index contributed by atoms with van der Waals surface area (Å²) in [6.45, 7) is 1.36. The van der Waals surface area contributed by atoms with Crippen molar-refractivity contribution in [1.29, 1.82) is 0 Å². The molecule has 1 fully saturated rings. The summed E-state index contributed by atoms with van der Waals surface area (Å²) in [5.74, 6) is 0.559.